The van der Waals surface area contributed by atoms with Crippen molar-refractivity contribution in [3.8, 4) is 0 Å². The molecule has 0 atom stereocenters. The first-order valence-corrected chi connectivity index (χ1v) is 16.0. The van der Waals surface area contributed by atoms with E-state index in [0.717, 1.165) is 0 Å². The van der Waals surface area contributed by atoms with Gasteiger partial charge in [0, 0.05) is 6.42 Å². The first kappa shape index (κ1) is 34.8. The topological polar surface area (TPSA) is 253 Å². The minimum absolute atomic E-state index is 0.525. The number of rotatable bonds is 19. The zero-order valence-corrected chi connectivity index (χ0v) is 22.8. The third-order valence-corrected chi connectivity index (χ3v) is 7.86. The molecule has 1 N–H and O–H groups in total. The number of aliphatic hydroxyl groups excluding tert-OH is 1. The van der Waals surface area contributed by atoms with E-state index in [9.17, 15) is 58.0 Å². The fourth-order valence-corrected chi connectivity index (χ4v) is 4.57. The standard InChI is InChI=1S/C17H28O16S4/c18-9-17(10-31-13(19)1-5-34(23)24,11-32-14(20)2-6-35(25)26)12-33-15(21)3-7-37(29,30)8-4-16(22)36(27)28/h18,34-36H,1-12H2. The van der Waals surface area contributed by atoms with Gasteiger partial charge in [-0.25, -0.2) is 33.7 Å². The van der Waals surface area contributed by atoms with Crippen LogP contribution in [0.4, 0.5) is 0 Å². The maximum atomic E-state index is 12.0. The number of aliphatic hydroxyl groups is 1. The van der Waals surface area contributed by atoms with Crippen LogP contribution < -0.4 is 0 Å². The van der Waals surface area contributed by atoms with Gasteiger partial charge < -0.3 is 19.3 Å². The third kappa shape index (κ3) is 17.1. The first-order valence-electron chi connectivity index (χ1n) is 10.3. The predicted octanol–water partition coefficient (Wildman–Crippen LogP) is -4.07. The van der Waals surface area contributed by atoms with Crippen LogP contribution in [-0.2, 0) is 75.3 Å². The quantitative estimate of drug-likeness (QED) is 0.0611. The highest BCUT2D eigenvalue weighted by molar-refractivity contribution is 7.92. The van der Waals surface area contributed by atoms with Gasteiger partial charge in [-0.05, 0) is 0 Å². The molecule has 0 rings (SSSR count). The lowest BCUT2D eigenvalue weighted by Crippen LogP contribution is -2.42. The molecular weight excluding hydrogens is 588 g/mol. The van der Waals surface area contributed by atoms with Gasteiger partial charge >= 0.3 is 17.9 Å². The number of ether oxygens (including phenoxy) is 3. The Morgan fingerprint density at radius 1 is 0.649 bits per heavy atom. The average molecular weight is 617 g/mol. The molecule has 0 aliphatic rings. The van der Waals surface area contributed by atoms with Crippen molar-refractivity contribution in [3.63, 3.8) is 0 Å². The second kappa shape index (κ2) is 17.4. The molecule has 0 aromatic carbocycles. The average Bonchev–Trinajstić information content (AvgIpc) is 2.83. The van der Waals surface area contributed by atoms with Gasteiger partial charge in [0.25, 0.3) is 0 Å². The summed E-state index contributed by atoms with van der Waals surface area (Å²) in [5.41, 5.74) is -1.76. The molecule has 0 bridgehead atoms. The van der Waals surface area contributed by atoms with Gasteiger partial charge in [-0.15, -0.1) is 0 Å². The lowest BCUT2D eigenvalue weighted by atomic mass is 9.92. The molecule has 20 heteroatoms. The number of esters is 3. The Labute approximate surface area is 217 Å². The van der Waals surface area contributed by atoms with E-state index in [-0.39, 0.29) is 0 Å². The molecular formula is C17H28O16S4. The Morgan fingerprint density at radius 3 is 1.38 bits per heavy atom. The normalized spacial score (nSPS) is 12.0. The molecule has 0 aromatic heterocycles. The van der Waals surface area contributed by atoms with Crippen LogP contribution in [0.2, 0.25) is 0 Å². The summed E-state index contributed by atoms with van der Waals surface area (Å²) in [5, 5.41) is 8.54. The summed E-state index contributed by atoms with van der Waals surface area (Å²) in [7, 11) is -13.2. The van der Waals surface area contributed by atoms with E-state index < -0.39 is 146 Å². The Kier molecular flexibility index (Phi) is 16.4. The predicted molar refractivity (Wildman–Crippen MR) is 125 cm³/mol. The molecule has 0 spiro atoms. The van der Waals surface area contributed by atoms with Crippen molar-refractivity contribution in [2.45, 2.75) is 25.7 Å². The summed E-state index contributed by atoms with van der Waals surface area (Å²) in [6, 6.07) is 0. The number of hydrogen-bond donors (Lipinski definition) is 4. The van der Waals surface area contributed by atoms with Crippen LogP contribution in [0.1, 0.15) is 25.7 Å². The van der Waals surface area contributed by atoms with Gasteiger partial charge in [-0.2, -0.15) is 0 Å². The number of thiol groups is 3. The first-order chi connectivity index (χ1) is 17.1. The van der Waals surface area contributed by atoms with E-state index in [0.29, 0.717) is 0 Å². The van der Waals surface area contributed by atoms with Crippen LogP contribution in [0, 0.1) is 5.41 Å². The van der Waals surface area contributed by atoms with E-state index in [4.69, 9.17) is 14.2 Å². The fourth-order valence-electron chi connectivity index (χ4n) is 2.22. The third-order valence-electron chi connectivity index (χ3n) is 4.40. The molecule has 0 amide bonds. The molecule has 0 aromatic rings. The smallest absolute Gasteiger partial charge is 0.306 e. The minimum atomic E-state index is -4.01. The number of carbonyl (C=O) groups excluding carboxylic acids is 4. The van der Waals surface area contributed by atoms with Crippen molar-refractivity contribution in [3.05, 3.63) is 0 Å². The van der Waals surface area contributed by atoms with E-state index in [2.05, 4.69) is 0 Å². The molecule has 0 saturated heterocycles. The van der Waals surface area contributed by atoms with E-state index in [1.807, 2.05) is 0 Å². The SMILES string of the molecule is O=C(CC[SH](=O)=O)OCC(CO)(COC(=O)CC[SH](=O)=O)COC(=O)CCS(=O)(=O)CCC(=O)[SH](=O)=O. The van der Waals surface area contributed by atoms with Crippen LogP contribution in [0.25, 0.3) is 0 Å². The largest absolute Gasteiger partial charge is 0.465 e. The molecule has 0 aliphatic heterocycles. The van der Waals surface area contributed by atoms with Crippen LogP contribution in [-0.4, -0.2) is 111 Å². The summed E-state index contributed by atoms with van der Waals surface area (Å²) in [4.78, 5) is 46.6. The van der Waals surface area contributed by atoms with Gasteiger partial charge in [-0.3, -0.25) is 19.2 Å². The van der Waals surface area contributed by atoms with Crippen LogP contribution in [0.5, 0.6) is 0 Å². The summed E-state index contributed by atoms with van der Waals surface area (Å²) < 4.78 is 102. The Hall–Kier alpha value is -2.16. The summed E-state index contributed by atoms with van der Waals surface area (Å²) in [6.07, 6.45) is -2.58. The Balaban J connectivity index is 5.17. The van der Waals surface area contributed by atoms with Gasteiger partial charge in [-0.1, -0.05) is 0 Å². The van der Waals surface area contributed by atoms with Crippen LogP contribution in [0.3, 0.4) is 0 Å². The molecule has 0 heterocycles. The maximum Gasteiger partial charge on any atom is 0.306 e. The van der Waals surface area contributed by atoms with Gasteiger partial charge in [0.15, 0.2) is 9.84 Å². The monoisotopic (exact) mass is 616 g/mol. The number of hydrogen-bond acceptors (Lipinski definition) is 16. The maximum absolute atomic E-state index is 12.0. The Bertz CT molecular complexity index is 1080. The molecule has 0 fully saturated rings. The highest BCUT2D eigenvalue weighted by Gasteiger charge is 2.35. The Morgan fingerprint density at radius 2 is 1.03 bits per heavy atom. The highest BCUT2D eigenvalue weighted by atomic mass is 32.2. The van der Waals surface area contributed by atoms with Crippen molar-refractivity contribution >= 4 is 65.0 Å². The minimum Gasteiger partial charge on any atom is -0.465 e. The number of carbonyl (C=O) groups is 4. The zero-order chi connectivity index (χ0) is 28.6. The lowest BCUT2D eigenvalue weighted by molar-refractivity contribution is -0.164. The molecule has 37 heavy (non-hydrogen) atoms. The van der Waals surface area contributed by atoms with Crippen molar-refractivity contribution in [1.82, 2.24) is 0 Å². The van der Waals surface area contributed by atoms with Crippen LogP contribution in [0.15, 0.2) is 0 Å². The zero-order valence-electron chi connectivity index (χ0n) is 19.3. The van der Waals surface area contributed by atoms with Crippen molar-refractivity contribution in [2.75, 3.05) is 49.4 Å². The van der Waals surface area contributed by atoms with Crippen molar-refractivity contribution < 1.29 is 72.2 Å². The van der Waals surface area contributed by atoms with Gasteiger partial charge in [0.05, 0.1) is 54.3 Å². The van der Waals surface area contributed by atoms with Crippen molar-refractivity contribution in [2.24, 2.45) is 5.41 Å². The van der Waals surface area contributed by atoms with E-state index in [1.54, 1.807) is 0 Å². The summed E-state index contributed by atoms with van der Waals surface area (Å²) in [5.74, 6) is -5.79. The lowest BCUT2D eigenvalue weighted by Gasteiger charge is -2.30. The van der Waals surface area contributed by atoms with E-state index >= 15 is 0 Å². The second-order valence-corrected chi connectivity index (χ2v) is 13.1. The molecule has 16 nitrogen and oxygen atoms in total. The van der Waals surface area contributed by atoms with Crippen LogP contribution >= 0.6 is 0 Å². The van der Waals surface area contributed by atoms with E-state index in [1.165, 1.54) is 0 Å². The molecule has 0 aliphatic carbocycles. The van der Waals surface area contributed by atoms with Gasteiger partial charge in [0.1, 0.15) is 41.2 Å². The van der Waals surface area contributed by atoms with Crippen molar-refractivity contribution in [1.29, 1.82) is 0 Å². The summed E-state index contributed by atoms with van der Waals surface area (Å²) >= 11 is 0. The highest BCUT2D eigenvalue weighted by Crippen LogP contribution is 2.20. The summed E-state index contributed by atoms with van der Waals surface area (Å²) in [6.45, 7) is -3.10. The molecule has 0 unspecified atom stereocenters. The van der Waals surface area contributed by atoms with Gasteiger partial charge in [0.2, 0.25) is 15.8 Å². The fraction of sp³-hybridized carbons (Fsp3) is 0.765. The second-order valence-electron chi connectivity index (χ2n) is 7.56. The molecule has 0 radical (unpaired) electrons. The number of sulfone groups is 1. The molecule has 216 valence electrons. The molecule has 0 saturated carbocycles.